The molecule has 7 heteroatoms. The van der Waals surface area contributed by atoms with Crippen molar-refractivity contribution in [3.63, 3.8) is 0 Å². The average Bonchev–Trinajstić information content (AvgIpc) is 2.89. The van der Waals surface area contributed by atoms with Gasteiger partial charge in [-0.3, -0.25) is 4.98 Å². The first kappa shape index (κ1) is 11.1. The molecular weight excluding hydrogens is 230 g/mol. The van der Waals surface area contributed by atoms with Crippen molar-refractivity contribution < 1.29 is 0 Å². The second kappa shape index (κ2) is 5.09. The van der Waals surface area contributed by atoms with Gasteiger partial charge in [0.2, 0.25) is 0 Å². The standard InChI is InChI=1S/C11H15N7/c1-4-12-5-2-9(1)3-6-14-10-7-13-8-11-15-16-17-18(10)11/h1,7-8,12,14H,2-6H2. The summed E-state index contributed by atoms with van der Waals surface area (Å²) in [5, 5.41) is 18.0. The van der Waals surface area contributed by atoms with Crippen molar-refractivity contribution in [1.82, 2.24) is 30.3 Å². The molecule has 1 aliphatic rings. The van der Waals surface area contributed by atoms with Crippen LogP contribution in [0.2, 0.25) is 0 Å². The zero-order valence-corrected chi connectivity index (χ0v) is 10.0. The highest BCUT2D eigenvalue weighted by Gasteiger charge is 2.05. The Labute approximate surface area is 104 Å². The number of hydrogen-bond donors (Lipinski definition) is 2. The van der Waals surface area contributed by atoms with E-state index >= 15 is 0 Å². The van der Waals surface area contributed by atoms with E-state index in [4.69, 9.17) is 0 Å². The minimum absolute atomic E-state index is 0.654. The molecule has 1 aliphatic heterocycles. The van der Waals surface area contributed by atoms with Crippen LogP contribution in [0.4, 0.5) is 5.82 Å². The van der Waals surface area contributed by atoms with Crippen molar-refractivity contribution >= 4 is 11.5 Å². The first-order valence-corrected chi connectivity index (χ1v) is 6.08. The van der Waals surface area contributed by atoms with Crippen LogP contribution >= 0.6 is 0 Å². The van der Waals surface area contributed by atoms with Crippen molar-refractivity contribution in [2.45, 2.75) is 12.8 Å². The van der Waals surface area contributed by atoms with E-state index < -0.39 is 0 Å². The molecule has 0 saturated carbocycles. The lowest BCUT2D eigenvalue weighted by atomic mass is 10.1. The van der Waals surface area contributed by atoms with E-state index in [0.29, 0.717) is 5.65 Å². The van der Waals surface area contributed by atoms with E-state index in [9.17, 15) is 0 Å². The largest absolute Gasteiger partial charge is 0.368 e. The summed E-state index contributed by atoms with van der Waals surface area (Å²) in [6.45, 7) is 2.93. The van der Waals surface area contributed by atoms with Gasteiger partial charge in [-0.2, -0.15) is 4.52 Å². The lowest BCUT2D eigenvalue weighted by molar-refractivity contribution is 0.683. The van der Waals surface area contributed by atoms with E-state index in [0.717, 1.165) is 38.3 Å². The third-order valence-electron chi connectivity index (χ3n) is 3.02. The molecule has 2 N–H and O–H groups in total. The van der Waals surface area contributed by atoms with Crippen molar-refractivity contribution in [2.75, 3.05) is 25.0 Å². The molecule has 0 amide bonds. The van der Waals surface area contributed by atoms with Gasteiger partial charge in [-0.05, 0) is 29.8 Å². The van der Waals surface area contributed by atoms with Crippen LogP contribution in [0.3, 0.4) is 0 Å². The summed E-state index contributed by atoms with van der Waals surface area (Å²) in [5.74, 6) is 0.826. The van der Waals surface area contributed by atoms with Gasteiger partial charge in [-0.25, -0.2) is 0 Å². The SMILES string of the molecule is C1=C(CCNc2cncc3nnnn23)CCNC1. The van der Waals surface area contributed by atoms with Gasteiger partial charge < -0.3 is 10.6 Å². The predicted molar refractivity (Wildman–Crippen MR) is 67.3 cm³/mol. The van der Waals surface area contributed by atoms with E-state index in [1.165, 1.54) is 5.57 Å². The number of aromatic nitrogens is 5. The quantitative estimate of drug-likeness (QED) is 0.751. The number of nitrogens with zero attached hydrogens (tertiary/aromatic N) is 5. The number of hydrogen-bond acceptors (Lipinski definition) is 6. The highest BCUT2D eigenvalue weighted by atomic mass is 15.5. The maximum atomic E-state index is 4.10. The molecule has 94 valence electrons. The molecule has 2 aromatic heterocycles. The molecule has 0 radical (unpaired) electrons. The molecule has 0 bridgehead atoms. The summed E-state index contributed by atoms with van der Waals surface area (Å²) in [6.07, 6.45) is 7.82. The summed E-state index contributed by atoms with van der Waals surface area (Å²) in [7, 11) is 0. The van der Waals surface area contributed by atoms with Gasteiger partial charge in [0.25, 0.3) is 0 Å². The number of rotatable bonds is 4. The summed E-state index contributed by atoms with van der Waals surface area (Å²) in [5.41, 5.74) is 2.15. The maximum Gasteiger partial charge on any atom is 0.199 e. The maximum absolute atomic E-state index is 4.10. The molecule has 2 aromatic rings. The third kappa shape index (κ3) is 2.30. The molecular formula is C11H15N7. The molecule has 0 atom stereocenters. The van der Waals surface area contributed by atoms with E-state index in [1.54, 1.807) is 16.9 Å². The van der Waals surface area contributed by atoms with Crippen LogP contribution in [0, 0.1) is 0 Å². The fourth-order valence-electron chi connectivity index (χ4n) is 2.04. The van der Waals surface area contributed by atoms with Crippen molar-refractivity contribution in [3.05, 3.63) is 24.0 Å². The minimum atomic E-state index is 0.654. The second-order valence-electron chi connectivity index (χ2n) is 4.23. The molecule has 18 heavy (non-hydrogen) atoms. The van der Waals surface area contributed by atoms with Crippen LogP contribution in [0.1, 0.15) is 12.8 Å². The first-order valence-electron chi connectivity index (χ1n) is 6.08. The van der Waals surface area contributed by atoms with Gasteiger partial charge in [0.15, 0.2) is 5.65 Å². The highest BCUT2D eigenvalue weighted by Crippen LogP contribution is 2.11. The molecule has 0 aromatic carbocycles. The Hall–Kier alpha value is -2.02. The van der Waals surface area contributed by atoms with Crippen LogP contribution in [0.5, 0.6) is 0 Å². The van der Waals surface area contributed by atoms with E-state index in [-0.39, 0.29) is 0 Å². The molecule has 0 spiro atoms. The predicted octanol–water partition coefficient (Wildman–Crippen LogP) is 0.241. The Morgan fingerprint density at radius 1 is 1.39 bits per heavy atom. The number of tetrazole rings is 1. The van der Waals surface area contributed by atoms with E-state index in [1.807, 2.05) is 0 Å². The normalized spacial score (nSPS) is 15.7. The minimum Gasteiger partial charge on any atom is -0.368 e. The fraction of sp³-hybridized carbons (Fsp3) is 0.455. The Bertz CT molecular complexity index is 559. The lowest BCUT2D eigenvalue weighted by Gasteiger charge is -2.14. The smallest absolute Gasteiger partial charge is 0.199 e. The van der Waals surface area contributed by atoms with Gasteiger partial charge >= 0.3 is 0 Å². The zero-order valence-electron chi connectivity index (χ0n) is 10.0. The molecule has 7 nitrogen and oxygen atoms in total. The van der Waals surface area contributed by atoms with Crippen LogP contribution in [-0.2, 0) is 0 Å². The fourth-order valence-corrected chi connectivity index (χ4v) is 2.04. The van der Waals surface area contributed by atoms with Crippen LogP contribution < -0.4 is 10.6 Å². The molecule has 0 saturated heterocycles. The van der Waals surface area contributed by atoms with Gasteiger partial charge in [0.05, 0.1) is 12.4 Å². The topological polar surface area (TPSA) is 80.0 Å². The van der Waals surface area contributed by atoms with Crippen LogP contribution in [0.25, 0.3) is 5.65 Å². The Kier molecular flexibility index (Phi) is 3.14. The molecule has 3 heterocycles. The Morgan fingerprint density at radius 2 is 2.39 bits per heavy atom. The van der Waals surface area contributed by atoms with Crippen LogP contribution in [-0.4, -0.2) is 44.7 Å². The summed E-state index contributed by atoms with van der Waals surface area (Å²) in [4.78, 5) is 4.10. The Balaban J connectivity index is 1.62. The average molecular weight is 245 g/mol. The van der Waals surface area contributed by atoms with E-state index in [2.05, 4.69) is 37.2 Å². The van der Waals surface area contributed by atoms with Crippen molar-refractivity contribution in [3.8, 4) is 0 Å². The second-order valence-corrected chi connectivity index (χ2v) is 4.23. The molecule has 3 rings (SSSR count). The third-order valence-corrected chi connectivity index (χ3v) is 3.02. The zero-order chi connectivity index (χ0) is 12.2. The Morgan fingerprint density at radius 3 is 3.28 bits per heavy atom. The summed E-state index contributed by atoms with van der Waals surface area (Å²) in [6, 6.07) is 0. The molecule has 0 unspecified atom stereocenters. The monoisotopic (exact) mass is 245 g/mol. The summed E-state index contributed by atoms with van der Waals surface area (Å²) < 4.78 is 1.66. The number of fused-ring (bicyclic) bond motifs is 1. The van der Waals surface area contributed by atoms with Crippen molar-refractivity contribution in [2.24, 2.45) is 0 Å². The number of nitrogens with one attached hydrogen (secondary N) is 2. The van der Waals surface area contributed by atoms with Crippen molar-refractivity contribution in [1.29, 1.82) is 0 Å². The van der Waals surface area contributed by atoms with Gasteiger partial charge in [0, 0.05) is 13.1 Å². The van der Waals surface area contributed by atoms with Gasteiger partial charge in [0.1, 0.15) is 5.82 Å². The first-order chi connectivity index (χ1) is 8.93. The summed E-state index contributed by atoms with van der Waals surface area (Å²) >= 11 is 0. The molecule has 0 aliphatic carbocycles. The van der Waals surface area contributed by atoms with Gasteiger partial charge in [-0.15, -0.1) is 5.10 Å². The number of anilines is 1. The van der Waals surface area contributed by atoms with Crippen LogP contribution in [0.15, 0.2) is 24.0 Å². The van der Waals surface area contributed by atoms with Gasteiger partial charge in [-0.1, -0.05) is 11.6 Å². The molecule has 0 fully saturated rings. The highest BCUT2D eigenvalue weighted by molar-refractivity contribution is 5.43. The lowest BCUT2D eigenvalue weighted by Crippen LogP contribution is -2.21.